The van der Waals surface area contributed by atoms with Crippen molar-refractivity contribution in [1.29, 1.82) is 0 Å². The third kappa shape index (κ3) is 3.12. The Kier molecular flexibility index (Phi) is 4.65. The first-order chi connectivity index (χ1) is 9.52. The first kappa shape index (κ1) is 14.9. The van der Waals surface area contributed by atoms with Gasteiger partial charge in [-0.25, -0.2) is 0 Å². The minimum absolute atomic E-state index is 0.0648. The van der Waals surface area contributed by atoms with Crippen molar-refractivity contribution in [1.82, 2.24) is 10.2 Å². The lowest BCUT2D eigenvalue weighted by atomic mass is 10.1. The number of rotatable bonds is 4. The predicted molar refractivity (Wildman–Crippen MR) is 78.4 cm³/mol. The van der Waals surface area contributed by atoms with E-state index in [9.17, 15) is 9.59 Å². The Bertz CT molecular complexity index is 531. The van der Waals surface area contributed by atoms with Crippen LogP contribution in [0.3, 0.4) is 0 Å². The Balaban J connectivity index is 1.95. The molecule has 1 aliphatic heterocycles. The predicted octanol–water partition coefficient (Wildman–Crippen LogP) is 2.28. The van der Waals surface area contributed by atoms with Gasteiger partial charge in [0.05, 0.1) is 0 Å². The Labute approximate surface area is 124 Å². The smallest absolute Gasteiger partial charge is 0.243 e. The molecule has 1 aromatic carbocycles. The van der Waals surface area contributed by atoms with Gasteiger partial charge in [0.2, 0.25) is 11.8 Å². The Morgan fingerprint density at radius 2 is 2.25 bits per heavy atom. The summed E-state index contributed by atoms with van der Waals surface area (Å²) in [6.07, 6.45) is 1.07. The Hall–Kier alpha value is -1.55. The third-order valence-electron chi connectivity index (χ3n) is 3.66. The van der Waals surface area contributed by atoms with Crippen molar-refractivity contribution in [2.24, 2.45) is 0 Å². The van der Waals surface area contributed by atoms with E-state index >= 15 is 0 Å². The highest BCUT2D eigenvalue weighted by Gasteiger charge is 2.34. The van der Waals surface area contributed by atoms with Crippen molar-refractivity contribution in [2.75, 3.05) is 6.54 Å². The van der Waals surface area contributed by atoms with Crippen molar-refractivity contribution in [3.63, 3.8) is 0 Å². The summed E-state index contributed by atoms with van der Waals surface area (Å²) in [7, 11) is 0. The molecular weight excluding hydrogens is 276 g/mol. The molecule has 0 bridgehead atoms. The van der Waals surface area contributed by atoms with Crippen LogP contribution in [0.25, 0.3) is 0 Å². The number of amides is 2. The summed E-state index contributed by atoms with van der Waals surface area (Å²) in [5.74, 6) is -0.0136. The second kappa shape index (κ2) is 6.27. The van der Waals surface area contributed by atoms with Crippen molar-refractivity contribution in [3.8, 4) is 0 Å². The molecule has 1 unspecified atom stereocenters. The topological polar surface area (TPSA) is 49.4 Å². The second-order valence-corrected chi connectivity index (χ2v) is 5.44. The average Bonchev–Trinajstić information content (AvgIpc) is 2.80. The van der Waals surface area contributed by atoms with Crippen molar-refractivity contribution < 1.29 is 9.59 Å². The van der Waals surface area contributed by atoms with Gasteiger partial charge in [0, 0.05) is 24.5 Å². The second-order valence-electron chi connectivity index (χ2n) is 5.04. The fourth-order valence-electron chi connectivity index (χ4n) is 2.53. The Morgan fingerprint density at radius 1 is 1.50 bits per heavy atom. The summed E-state index contributed by atoms with van der Waals surface area (Å²) >= 11 is 5.97. The number of benzene rings is 1. The maximum absolute atomic E-state index is 12.2. The maximum atomic E-state index is 12.2. The molecule has 1 atom stereocenters. The SMILES string of the molecule is CCN1C(=O)CCC1C(=O)NCc1ccc(Cl)c(C)c1. The normalized spacial score (nSPS) is 18.4. The van der Waals surface area contributed by atoms with Gasteiger partial charge in [-0.3, -0.25) is 9.59 Å². The lowest BCUT2D eigenvalue weighted by molar-refractivity contribution is -0.135. The number of nitrogens with zero attached hydrogens (tertiary/aromatic N) is 1. The summed E-state index contributed by atoms with van der Waals surface area (Å²) in [5, 5.41) is 3.62. The molecule has 1 fully saturated rings. The number of aryl methyl sites for hydroxylation is 1. The standard InChI is InChI=1S/C15H19ClN2O2/c1-3-18-13(6-7-14(18)19)15(20)17-9-11-4-5-12(16)10(2)8-11/h4-5,8,13H,3,6-7,9H2,1-2H3,(H,17,20). The highest BCUT2D eigenvalue weighted by atomic mass is 35.5. The number of nitrogens with one attached hydrogen (secondary N) is 1. The van der Waals surface area contributed by atoms with Gasteiger partial charge in [0.15, 0.2) is 0 Å². The molecule has 0 saturated carbocycles. The number of likely N-dealkylation sites (tertiary alicyclic amines) is 1. The van der Waals surface area contributed by atoms with E-state index in [1.165, 1.54) is 0 Å². The molecule has 4 nitrogen and oxygen atoms in total. The van der Waals surface area contributed by atoms with E-state index in [4.69, 9.17) is 11.6 Å². The first-order valence-corrected chi connectivity index (χ1v) is 7.23. The zero-order chi connectivity index (χ0) is 14.7. The number of hydrogen-bond donors (Lipinski definition) is 1. The highest BCUT2D eigenvalue weighted by Crippen LogP contribution is 2.19. The van der Waals surface area contributed by atoms with E-state index in [1.807, 2.05) is 32.0 Å². The van der Waals surface area contributed by atoms with Gasteiger partial charge in [-0.2, -0.15) is 0 Å². The molecule has 20 heavy (non-hydrogen) atoms. The summed E-state index contributed by atoms with van der Waals surface area (Å²) in [6.45, 7) is 4.87. The Morgan fingerprint density at radius 3 is 2.90 bits per heavy atom. The molecule has 0 aromatic heterocycles. The molecule has 0 aliphatic carbocycles. The summed E-state index contributed by atoms with van der Waals surface area (Å²) in [4.78, 5) is 25.4. The molecule has 1 saturated heterocycles. The van der Waals surface area contributed by atoms with Gasteiger partial charge < -0.3 is 10.2 Å². The average molecular weight is 295 g/mol. The number of likely N-dealkylation sites (N-methyl/N-ethyl adjacent to an activating group) is 1. The van der Waals surface area contributed by atoms with E-state index in [-0.39, 0.29) is 17.9 Å². The summed E-state index contributed by atoms with van der Waals surface area (Å²) in [5.41, 5.74) is 2.00. The van der Waals surface area contributed by atoms with Crippen molar-refractivity contribution in [2.45, 2.75) is 39.3 Å². The van der Waals surface area contributed by atoms with Gasteiger partial charge in [0.1, 0.15) is 6.04 Å². The van der Waals surface area contributed by atoms with Crippen LogP contribution in [0.5, 0.6) is 0 Å². The molecule has 1 N–H and O–H groups in total. The third-order valence-corrected chi connectivity index (χ3v) is 4.08. The minimum atomic E-state index is -0.319. The lowest BCUT2D eigenvalue weighted by Gasteiger charge is -2.22. The van der Waals surface area contributed by atoms with Gasteiger partial charge in [-0.1, -0.05) is 23.7 Å². The zero-order valence-electron chi connectivity index (χ0n) is 11.8. The van der Waals surface area contributed by atoms with Crippen LogP contribution in [-0.2, 0) is 16.1 Å². The van der Waals surface area contributed by atoms with E-state index in [1.54, 1.807) is 4.90 Å². The number of halogens is 1. The van der Waals surface area contributed by atoms with Crippen LogP contribution in [0.1, 0.15) is 30.9 Å². The van der Waals surface area contributed by atoms with Gasteiger partial charge in [-0.05, 0) is 37.5 Å². The molecule has 1 heterocycles. The van der Waals surface area contributed by atoms with Crippen LogP contribution in [0.15, 0.2) is 18.2 Å². The number of hydrogen-bond acceptors (Lipinski definition) is 2. The molecular formula is C15H19ClN2O2. The molecule has 1 aliphatic rings. The van der Waals surface area contributed by atoms with Crippen LogP contribution in [0, 0.1) is 6.92 Å². The zero-order valence-corrected chi connectivity index (χ0v) is 12.5. The van der Waals surface area contributed by atoms with Crippen LogP contribution >= 0.6 is 11.6 Å². The van der Waals surface area contributed by atoms with Gasteiger partial charge in [0.25, 0.3) is 0 Å². The maximum Gasteiger partial charge on any atom is 0.243 e. The highest BCUT2D eigenvalue weighted by molar-refractivity contribution is 6.31. The van der Waals surface area contributed by atoms with Crippen molar-refractivity contribution >= 4 is 23.4 Å². The lowest BCUT2D eigenvalue weighted by Crippen LogP contribution is -2.44. The van der Waals surface area contributed by atoms with E-state index < -0.39 is 0 Å². The minimum Gasteiger partial charge on any atom is -0.350 e. The van der Waals surface area contributed by atoms with Crippen LogP contribution in [-0.4, -0.2) is 29.3 Å². The molecule has 5 heteroatoms. The van der Waals surface area contributed by atoms with Crippen LogP contribution in [0.4, 0.5) is 0 Å². The largest absolute Gasteiger partial charge is 0.350 e. The molecule has 0 spiro atoms. The van der Waals surface area contributed by atoms with E-state index in [0.717, 1.165) is 16.1 Å². The van der Waals surface area contributed by atoms with Gasteiger partial charge in [-0.15, -0.1) is 0 Å². The summed E-state index contributed by atoms with van der Waals surface area (Å²) in [6, 6.07) is 5.36. The molecule has 2 rings (SSSR count). The molecule has 0 radical (unpaired) electrons. The van der Waals surface area contributed by atoms with E-state index in [2.05, 4.69) is 5.32 Å². The number of carbonyl (C=O) groups excluding carboxylic acids is 2. The van der Waals surface area contributed by atoms with Gasteiger partial charge >= 0.3 is 0 Å². The van der Waals surface area contributed by atoms with Crippen LogP contribution < -0.4 is 5.32 Å². The summed E-state index contributed by atoms with van der Waals surface area (Å²) < 4.78 is 0. The van der Waals surface area contributed by atoms with Crippen LogP contribution in [0.2, 0.25) is 5.02 Å². The first-order valence-electron chi connectivity index (χ1n) is 6.85. The quantitative estimate of drug-likeness (QED) is 0.926. The number of carbonyl (C=O) groups is 2. The molecule has 2 amide bonds. The molecule has 108 valence electrons. The van der Waals surface area contributed by atoms with Crippen molar-refractivity contribution in [3.05, 3.63) is 34.3 Å². The fraction of sp³-hybridized carbons (Fsp3) is 0.467. The molecule has 1 aromatic rings. The monoisotopic (exact) mass is 294 g/mol. The van der Waals surface area contributed by atoms with E-state index in [0.29, 0.717) is 25.9 Å². The fourth-order valence-corrected chi connectivity index (χ4v) is 2.64.